The van der Waals surface area contributed by atoms with Gasteiger partial charge in [-0.15, -0.1) is 0 Å². The zero-order valence-electron chi connectivity index (χ0n) is 19.1. The summed E-state index contributed by atoms with van der Waals surface area (Å²) in [5.74, 6) is 3.13. The lowest BCUT2D eigenvalue weighted by Gasteiger charge is -2.35. The van der Waals surface area contributed by atoms with E-state index in [1.54, 1.807) is 12.1 Å². The molecule has 0 spiro atoms. The Kier molecular flexibility index (Phi) is 6.21. The van der Waals surface area contributed by atoms with Crippen molar-refractivity contribution in [3.05, 3.63) is 52.5 Å². The third-order valence-corrected chi connectivity index (χ3v) is 6.81. The van der Waals surface area contributed by atoms with Gasteiger partial charge in [0.05, 0.1) is 10.7 Å². The number of amidine groups is 1. The highest BCUT2D eigenvalue weighted by Crippen LogP contribution is 2.33. The zero-order chi connectivity index (χ0) is 22.9. The van der Waals surface area contributed by atoms with Crippen molar-refractivity contribution < 1.29 is 4.39 Å². The number of imidazole rings is 1. The second-order valence-corrected chi connectivity index (χ2v) is 9.44. The van der Waals surface area contributed by atoms with Crippen LogP contribution in [0.2, 0.25) is 5.02 Å². The molecule has 0 atom stereocenters. The van der Waals surface area contributed by atoms with Crippen LogP contribution in [0.25, 0.3) is 11.3 Å². The number of aromatic nitrogens is 2. The minimum absolute atomic E-state index is 0.123. The molecule has 7 nitrogen and oxygen atoms in total. The van der Waals surface area contributed by atoms with Crippen LogP contribution in [0.4, 0.5) is 4.39 Å². The molecule has 1 saturated heterocycles. The summed E-state index contributed by atoms with van der Waals surface area (Å²) in [6.07, 6.45) is 6.91. The predicted octanol–water partition coefficient (Wildman–Crippen LogP) is 3.73. The Morgan fingerprint density at radius 3 is 2.82 bits per heavy atom. The van der Waals surface area contributed by atoms with Gasteiger partial charge in [-0.2, -0.15) is 0 Å². The van der Waals surface area contributed by atoms with Gasteiger partial charge in [-0.3, -0.25) is 0 Å². The second kappa shape index (κ2) is 9.27. The number of rotatable bonds is 5. The summed E-state index contributed by atoms with van der Waals surface area (Å²) in [4.78, 5) is 18.8. The minimum Gasteiger partial charge on any atom is -0.356 e. The molecule has 3 aliphatic rings. The molecule has 33 heavy (non-hydrogen) atoms. The van der Waals surface area contributed by atoms with E-state index in [-0.39, 0.29) is 5.02 Å². The molecule has 4 heterocycles. The highest BCUT2D eigenvalue weighted by Gasteiger charge is 2.30. The lowest BCUT2D eigenvalue weighted by atomic mass is 9.95. The maximum Gasteiger partial charge on any atom is 0.141 e. The molecule has 1 aromatic heterocycles. The molecule has 1 aromatic carbocycles. The van der Waals surface area contributed by atoms with Crippen LogP contribution in [0, 0.1) is 5.82 Å². The summed E-state index contributed by atoms with van der Waals surface area (Å²) < 4.78 is 15.9. The Morgan fingerprint density at radius 1 is 1.24 bits per heavy atom. The highest BCUT2D eigenvalue weighted by molar-refractivity contribution is 6.31. The Hall–Kier alpha value is -2.71. The van der Waals surface area contributed by atoms with Crippen molar-refractivity contribution in [1.82, 2.24) is 24.7 Å². The summed E-state index contributed by atoms with van der Waals surface area (Å²) in [7, 11) is 4.15. The predicted molar refractivity (Wildman–Crippen MR) is 130 cm³/mol. The number of hydrogen-bond donors (Lipinski definition) is 1. The SMILES string of the molecule is CN(C)CCn1cc(-c2ccc(F)c(Cl)c2)nc1C1CCN(C2=NCNC3=C2CC=N3)CC1. The van der Waals surface area contributed by atoms with Gasteiger partial charge in [0.2, 0.25) is 0 Å². The van der Waals surface area contributed by atoms with Gasteiger partial charge in [0, 0.05) is 62.1 Å². The van der Waals surface area contributed by atoms with Crippen LogP contribution < -0.4 is 5.32 Å². The fourth-order valence-electron chi connectivity index (χ4n) is 4.71. The topological polar surface area (TPSA) is 61.1 Å². The Labute approximate surface area is 198 Å². The smallest absolute Gasteiger partial charge is 0.141 e. The van der Waals surface area contributed by atoms with Crippen LogP contribution in [0.15, 0.2) is 45.8 Å². The van der Waals surface area contributed by atoms with Crippen molar-refractivity contribution in [2.75, 3.05) is 40.4 Å². The first-order valence-electron chi connectivity index (χ1n) is 11.5. The van der Waals surface area contributed by atoms with E-state index in [0.29, 0.717) is 12.6 Å². The van der Waals surface area contributed by atoms with E-state index in [4.69, 9.17) is 21.6 Å². The van der Waals surface area contributed by atoms with Gasteiger partial charge in [-0.1, -0.05) is 11.6 Å². The monoisotopic (exact) mass is 469 g/mol. The van der Waals surface area contributed by atoms with Crippen molar-refractivity contribution >= 4 is 23.7 Å². The van der Waals surface area contributed by atoms with Crippen LogP contribution in [-0.2, 0) is 6.54 Å². The highest BCUT2D eigenvalue weighted by atomic mass is 35.5. The number of nitrogens with one attached hydrogen (secondary N) is 1. The molecule has 174 valence electrons. The van der Waals surface area contributed by atoms with Crippen molar-refractivity contribution in [3.63, 3.8) is 0 Å². The fourth-order valence-corrected chi connectivity index (χ4v) is 4.90. The van der Waals surface area contributed by atoms with Crippen molar-refractivity contribution in [2.24, 2.45) is 9.98 Å². The van der Waals surface area contributed by atoms with Gasteiger partial charge in [-0.25, -0.2) is 19.4 Å². The maximum absolute atomic E-state index is 13.7. The molecule has 9 heteroatoms. The number of piperidine rings is 1. The quantitative estimate of drug-likeness (QED) is 0.724. The standard InChI is InChI=1S/C24H29ClFN7/c1-31(2)11-12-33-14-21(17-3-4-20(26)19(25)13-17)30-23(33)16-6-9-32(10-7-16)24-18-5-8-27-22(18)28-15-29-24/h3-4,8,13-14,16,28H,5-7,9-12,15H2,1-2H3. The van der Waals surface area contributed by atoms with E-state index in [1.807, 2.05) is 6.21 Å². The first-order valence-corrected chi connectivity index (χ1v) is 11.8. The lowest BCUT2D eigenvalue weighted by molar-refractivity contribution is 0.297. The number of benzene rings is 1. The molecule has 2 aromatic rings. The van der Waals surface area contributed by atoms with Gasteiger partial charge in [0.1, 0.15) is 30.0 Å². The van der Waals surface area contributed by atoms with Crippen LogP contribution in [-0.4, -0.2) is 71.8 Å². The van der Waals surface area contributed by atoms with Crippen molar-refractivity contribution in [3.8, 4) is 11.3 Å². The summed E-state index contributed by atoms with van der Waals surface area (Å²) in [6.45, 7) is 4.25. The molecule has 1 N–H and O–H groups in total. The van der Waals surface area contributed by atoms with Crippen LogP contribution >= 0.6 is 11.6 Å². The molecule has 0 radical (unpaired) electrons. The van der Waals surface area contributed by atoms with Crippen LogP contribution in [0.3, 0.4) is 0 Å². The second-order valence-electron chi connectivity index (χ2n) is 9.03. The number of likely N-dealkylation sites (N-methyl/N-ethyl adjacent to an activating group) is 1. The normalized spacial score (nSPS) is 18.7. The van der Waals surface area contributed by atoms with Crippen LogP contribution in [0.5, 0.6) is 0 Å². The summed E-state index contributed by atoms with van der Waals surface area (Å²) in [5.41, 5.74) is 2.89. The summed E-state index contributed by atoms with van der Waals surface area (Å²) in [5, 5.41) is 3.38. The summed E-state index contributed by atoms with van der Waals surface area (Å²) in [6, 6.07) is 4.81. The fraction of sp³-hybridized carbons (Fsp3) is 0.458. The van der Waals surface area contributed by atoms with Gasteiger partial charge in [-0.05, 0) is 45.1 Å². The number of halogens is 2. The average Bonchev–Trinajstić information content (AvgIpc) is 3.47. The van der Waals surface area contributed by atoms with Gasteiger partial charge in [0.25, 0.3) is 0 Å². The van der Waals surface area contributed by atoms with Crippen LogP contribution in [0.1, 0.15) is 31.0 Å². The van der Waals surface area contributed by atoms with E-state index < -0.39 is 5.82 Å². The Balaban J connectivity index is 1.35. The van der Waals surface area contributed by atoms with Gasteiger partial charge < -0.3 is 19.7 Å². The van der Waals surface area contributed by atoms with E-state index in [2.05, 4.69) is 45.0 Å². The third kappa shape index (κ3) is 4.54. The number of likely N-dealkylation sites (tertiary alicyclic amines) is 1. The minimum atomic E-state index is -0.410. The first-order chi connectivity index (χ1) is 16.0. The molecular formula is C24H29ClFN7. The first kappa shape index (κ1) is 22.1. The number of nitrogens with zero attached hydrogens (tertiary/aromatic N) is 6. The average molecular weight is 470 g/mol. The van der Waals surface area contributed by atoms with Crippen molar-refractivity contribution in [1.29, 1.82) is 0 Å². The lowest BCUT2D eigenvalue weighted by Crippen LogP contribution is -2.41. The summed E-state index contributed by atoms with van der Waals surface area (Å²) >= 11 is 6.04. The Bertz CT molecular complexity index is 1130. The largest absolute Gasteiger partial charge is 0.356 e. The molecule has 3 aliphatic heterocycles. The molecule has 1 fully saturated rings. The van der Waals surface area contributed by atoms with E-state index in [1.165, 1.54) is 11.6 Å². The molecule has 0 saturated carbocycles. The molecule has 5 rings (SSSR count). The van der Waals surface area contributed by atoms with E-state index >= 15 is 0 Å². The molecule has 0 bridgehead atoms. The van der Waals surface area contributed by atoms with Gasteiger partial charge >= 0.3 is 0 Å². The molecule has 0 amide bonds. The van der Waals surface area contributed by atoms with Crippen molar-refractivity contribution in [2.45, 2.75) is 31.7 Å². The van der Waals surface area contributed by atoms with E-state index in [0.717, 1.165) is 74.2 Å². The number of aliphatic imine (C=N–C) groups is 2. The molecule has 0 aliphatic carbocycles. The van der Waals surface area contributed by atoms with E-state index in [9.17, 15) is 4.39 Å². The molecular weight excluding hydrogens is 441 g/mol. The third-order valence-electron chi connectivity index (χ3n) is 6.52. The molecule has 0 unspecified atom stereocenters. The maximum atomic E-state index is 13.7. The Morgan fingerprint density at radius 2 is 2.06 bits per heavy atom. The van der Waals surface area contributed by atoms with Gasteiger partial charge in [0.15, 0.2) is 0 Å². The number of hydrogen-bond acceptors (Lipinski definition) is 6. The zero-order valence-corrected chi connectivity index (χ0v) is 19.8.